The van der Waals surface area contributed by atoms with Gasteiger partial charge in [-0.25, -0.2) is 17.5 Å². The van der Waals surface area contributed by atoms with E-state index in [1.807, 2.05) is 6.92 Å². The Morgan fingerprint density at radius 2 is 1.88 bits per heavy atom. The molecule has 0 aliphatic rings. The molecule has 0 aliphatic heterocycles. The van der Waals surface area contributed by atoms with Crippen molar-refractivity contribution in [2.75, 3.05) is 6.54 Å². The number of sulfonamides is 1. The lowest BCUT2D eigenvalue weighted by Crippen LogP contribution is -2.26. The Bertz CT molecular complexity index is 414. The van der Waals surface area contributed by atoms with Gasteiger partial charge in [-0.15, -0.1) is 0 Å². The van der Waals surface area contributed by atoms with Gasteiger partial charge in [-0.3, -0.25) is 0 Å². The second kappa shape index (κ2) is 5.96. The fourth-order valence-electron chi connectivity index (χ4n) is 1.26. The molecule has 0 bridgehead atoms. The third kappa shape index (κ3) is 4.72. The molecule has 0 heterocycles. The highest BCUT2D eigenvalue weighted by Crippen LogP contribution is 2.06. The first-order valence-electron chi connectivity index (χ1n) is 5.25. The zero-order chi connectivity index (χ0) is 12.0. The Balaban J connectivity index is 2.55. The minimum Gasteiger partial charge on any atom is -0.215 e. The number of nitrogens with one attached hydrogen (secondary N) is 1. The fourth-order valence-corrected chi connectivity index (χ4v) is 2.44. The molecule has 90 valence electrons. The predicted octanol–water partition coefficient (Wildman–Crippen LogP) is 2.05. The number of unbranched alkanes of at least 4 members (excludes halogenated alkanes) is 1. The average Bonchev–Trinajstić information content (AvgIpc) is 2.21. The van der Waals surface area contributed by atoms with Gasteiger partial charge in [-0.1, -0.05) is 25.5 Å². The lowest BCUT2D eigenvalue weighted by Gasteiger charge is -2.05. The first-order chi connectivity index (χ1) is 7.53. The van der Waals surface area contributed by atoms with E-state index in [0.717, 1.165) is 12.8 Å². The van der Waals surface area contributed by atoms with Crippen molar-refractivity contribution in [1.29, 1.82) is 0 Å². The van der Waals surface area contributed by atoms with Crippen molar-refractivity contribution in [1.82, 2.24) is 4.72 Å². The third-order valence-corrected chi connectivity index (χ3v) is 3.48. The van der Waals surface area contributed by atoms with Crippen LogP contribution in [0.5, 0.6) is 0 Å². The minimum absolute atomic E-state index is 0.100. The van der Waals surface area contributed by atoms with Crippen molar-refractivity contribution >= 4 is 10.0 Å². The van der Waals surface area contributed by atoms with E-state index in [0.29, 0.717) is 12.1 Å². The summed E-state index contributed by atoms with van der Waals surface area (Å²) in [5, 5.41) is 0. The molecule has 0 fully saturated rings. The lowest BCUT2D eigenvalue weighted by atomic mass is 10.2. The number of hydrogen-bond donors (Lipinski definition) is 1. The van der Waals surface area contributed by atoms with E-state index in [-0.39, 0.29) is 11.6 Å². The Morgan fingerprint density at radius 1 is 1.25 bits per heavy atom. The Hall–Kier alpha value is -0.940. The van der Waals surface area contributed by atoms with Crippen LogP contribution in [-0.2, 0) is 15.8 Å². The molecule has 1 aromatic carbocycles. The number of benzene rings is 1. The molecule has 1 aromatic rings. The molecule has 3 nitrogen and oxygen atoms in total. The van der Waals surface area contributed by atoms with E-state index >= 15 is 0 Å². The summed E-state index contributed by atoms with van der Waals surface area (Å²) in [4.78, 5) is 0. The molecule has 1 N–H and O–H groups in total. The SMILES string of the molecule is CCCCNS(=O)(=O)Cc1ccc(F)cc1. The van der Waals surface area contributed by atoms with Gasteiger partial charge >= 0.3 is 0 Å². The third-order valence-electron chi connectivity index (χ3n) is 2.12. The average molecular weight is 245 g/mol. The van der Waals surface area contributed by atoms with Crippen LogP contribution in [0.2, 0.25) is 0 Å². The molecular weight excluding hydrogens is 229 g/mol. The predicted molar refractivity (Wildman–Crippen MR) is 61.9 cm³/mol. The number of hydrogen-bond acceptors (Lipinski definition) is 2. The standard InChI is InChI=1S/C11H16FNO2S/c1-2-3-8-13-16(14,15)9-10-4-6-11(12)7-5-10/h4-7,13H,2-3,8-9H2,1H3. The quantitative estimate of drug-likeness (QED) is 0.780. The molecular formula is C11H16FNO2S. The molecule has 0 atom stereocenters. The minimum atomic E-state index is -3.29. The maximum Gasteiger partial charge on any atom is 0.215 e. The van der Waals surface area contributed by atoms with Crippen LogP contribution in [0, 0.1) is 5.82 Å². The summed E-state index contributed by atoms with van der Waals surface area (Å²) in [6.07, 6.45) is 1.77. The number of halogens is 1. The maximum atomic E-state index is 12.6. The van der Waals surface area contributed by atoms with Crippen LogP contribution in [0.1, 0.15) is 25.3 Å². The van der Waals surface area contributed by atoms with Crippen molar-refractivity contribution in [3.63, 3.8) is 0 Å². The van der Waals surface area contributed by atoms with Gasteiger partial charge in [0, 0.05) is 6.54 Å². The van der Waals surface area contributed by atoms with Gasteiger partial charge in [-0.2, -0.15) is 0 Å². The Labute approximate surface area is 95.7 Å². The first kappa shape index (κ1) is 13.1. The van der Waals surface area contributed by atoms with Gasteiger partial charge in [-0.05, 0) is 24.1 Å². The van der Waals surface area contributed by atoms with Crippen LogP contribution in [0.15, 0.2) is 24.3 Å². The number of rotatable bonds is 6. The maximum absolute atomic E-state index is 12.6. The van der Waals surface area contributed by atoms with Crippen LogP contribution < -0.4 is 4.72 Å². The summed E-state index contributed by atoms with van der Waals surface area (Å²) in [7, 11) is -3.29. The van der Waals surface area contributed by atoms with Crippen molar-refractivity contribution < 1.29 is 12.8 Å². The summed E-state index contributed by atoms with van der Waals surface area (Å²) in [6, 6.07) is 5.48. The van der Waals surface area contributed by atoms with Gasteiger partial charge < -0.3 is 0 Å². The molecule has 1 rings (SSSR count). The van der Waals surface area contributed by atoms with E-state index in [1.165, 1.54) is 24.3 Å². The molecule has 0 saturated heterocycles. The van der Waals surface area contributed by atoms with Crippen LogP contribution in [0.4, 0.5) is 4.39 Å². The summed E-state index contributed by atoms with van der Waals surface area (Å²) in [6.45, 7) is 2.45. The zero-order valence-corrected chi connectivity index (χ0v) is 10.1. The first-order valence-corrected chi connectivity index (χ1v) is 6.90. The highest BCUT2D eigenvalue weighted by atomic mass is 32.2. The normalized spacial score (nSPS) is 11.6. The molecule has 16 heavy (non-hydrogen) atoms. The summed E-state index contributed by atoms with van der Waals surface area (Å²) >= 11 is 0. The molecule has 0 radical (unpaired) electrons. The van der Waals surface area contributed by atoms with Gasteiger partial charge in [0.15, 0.2) is 0 Å². The zero-order valence-electron chi connectivity index (χ0n) is 9.24. The second-order valence-electron chi connectivity index (χ2n) is 3.63. The van der Waals surface area contributed by atoms with E-state index in [1.54, 1.807) is 0 Å². The molecule has 0 unspecified atom stereocenters. The highest BCUT2D eigenvalue weighted by Gasteiger charge is 2.10. The monoisotopic (exact) mass is 245 g/mol. The van der Waals surface area contributed by atoms with Gasteiger partial charge in [0.1, 0.15) is 5.82 Å². The molecule has 0 aliphatic carbocycles. The Morgan fingerprint density at radius 3 is 2.44 bits per heavy atom. The lowest BCUT2D eigenvalue weighted by molar-refractivity contribution is 0.577. The van der Waals surface area contributed by atoms with E-state index < -0.39 is 10.0 Å². The summed E-state index contributed by atoms with van der Waals surface area (Å²) < 4.78 is 38.2. The largest absolute Gasteiger partial charge is 0.215 e. The molecule has 5 heteroatoms. The highest BCUT2D eigenvalue weighted by molar-refractivity contribution is 7.88. The fraction of sp³-hybridized carbons (Fsp3) is 0.455. The van der Waals surface area contributed by atoms with Gasteiger partial charge in [0.25, 0.3) is 0 Å². The molecule has 0 amide bonds. The summed E-state index contributed by atoms with van der Waals surface area (Å²) in [5.41, 5.74) is 0.588. The Kier molecular flexibility index (Phi) is 4.89. The molecule has 0 saturated carbocycles. The van der Waals surface area contributed by atoms with Crippen molar-refractivity contribution in [3.05, 3.63) is 35.6 Å². The summed E-state index contributed by atoms with van der Waals surface area (Å²) in [5.74, 6) is -0.461. The van der Waals surface area contributed by atoms with E-state index in [4.69, 9.17) is 0 Å². The van der Waals surface area contributed by atoms with Crippen LogP contribution in [0.25, 0.3) is 0 Å². The van der Waals surface area contributed by atoms with Gasteiger partial charge in [0.2, 0.25) is 10.0 Å². The smallest absolute Gasteiger partial charge is 0.215 e. The topological polar surface area (TPSA) is 46.2 Å². The van der Waals surface area contributed by atoms with E-state index in [2.05, 4.69) is 4.72 Å². The molecule has 0 aromatic heterocycles. The molecule has 0 spiro atoms. The van der Waals surface area contributed by atoms with Crippen molar-refractivity contribution in [3.8, 4) is 0 Å². The van der Waals surface area contributed by atoms with Crippen LogP contribution >= 0.6 is 0 Å². The van der Waals surface area contributed by atoms with Crippen molar-refractivity contribution in [2.24, 2.45) is 0 Å². The second-order valence-corrected chi connectivity index (χ2v) is 5.44. The van der Waals surface area contributed by atoms with Crippen molar-refractivity contribution in [2.45, 2.75) is 25.5 Å². The van der Waals surface area contributed by atoms with Crippen LogP contribution in [-0.4, -0.2) is 15.0 Å². The van der Waals surface area contributed by atoms with Gasteiger partial charge in [0.05, 0.1) is 5.75 Å². The van der Waals surface area contributed by atoms with E-state index in [9.17, 15) is 12.8 Å². The van der Waals surface area contributed by atoms with Crippen LogP contribution in [0.3, 0.4) is 0 Å².